The summed E-state index contributed by atoms with van der Waals surface area (Å²) in [4.78, 5) is -0.269. The van der Waals surface area contributed by atoms with E-state index in [2.05, 4.69) is 15.9 Å². The molecule has 0 aromatic heterocycles. The summed E-state index contributed by atoms with van der Waals surface area (Å²) in [6.07, 6.45) is 0. The molecule has 0 heterocycles. The maximum Gasteiger partial charge on any atom is 0.160 e. The Balaban J connectivity index is 2.46. The van der Waals surface area contributed by atoms with E-state index < -0.39 is 11.6 Å². The Hall–Kier alpha value is -0.930. The van der Waals surface area contributed by atoms with Crippen LogP contribution in [0.25, 0.3) is 0 Å². The molecule has 0 nitrogen and oxygen atoms in total. The third-order valence-electron chi connectivity index (χ3n) is 3.14. The molecule has 4 heteroatoms. The first-order chi connectivity index (χ1) is 8.90. The van der Waals surface area contributed by atoms with Gasteiger partial charge in [-0.2, -0.15) is 0 Å². The van der Waals surface area contributed by atoms with Crippen molar-refractivity contribution in [1.29, 1.82) is 0 Å². The van der Waals surface area contributed by atoms with Crippen molar-refractivity contribution in [1.82, 2.24) is 0 Å². The van der Waals surface area contributed by atoms with Crippen molar-refractivity contribution in [3.63, 3.8) is 0 Å². The van der Waals surface area contributed by atoms with Gasteiger partial charge in [0, 0.05) is 5.02 Å². The highest BCUT2D eigenvalue weighted by atomic mass is 79.9. The predicted octanol–water partition coefficient (Wildman–Crippen LogP) is 5.72. The molecular formula is C15H12BrClF2. The summed E-state index contributed by atoms with van der Waals surface area (Å²) >= 11 is 9.47. The van der Waals surface area contributed by atoms with Gasteiger partial charge in [0.15, 0.2) is 11.6 Å². The van der Waals surface area contributed by atoms with Gasteiger partial charge in [-0.15, -0.1) is 0 Å². The maximum atomic E-state index is 13.3. The third-order valence-corrected chi connectivity index (χ3v) is 4.49. The van der Waals surface area contributed by atoms with Crippen molar-refractivity contribution in [3.8, 4) is 0 Å². The molecule has 0 aliphatic rings. The maximum absolute atomic E-state index is 13.3. The van der Waals surface area contributed by atoms with Gasteiger partial charge in [0.2, 0.25) is 0 Å². The van der Waals surface area contributed by atoms with Gasteiger partial charge in [-0.05, 0) is 48.2 Å². The lowest BCUT2D eigenvalue weighted by molar-refractivity contribution is 0.507. The minimum Gasteiger partial charge on any atom is -0.204 e. The van der Waals surface area contributed by atoms with Gasteiger partial charge in [0.05, 0.1) is 4.83 Å². The molecule has 2 aromatic carbocycles. The number of rotatable bonds is 2. The lowest BCUT2D eigenvalue weighted by Crippen LogP contribution is -1.98. The van der Waals surface area contributed by atoms with E-state index in [0.29, 0.717) is 5.56 Å². The van der Waals surface area contributed by atoms with E-state index >= 15 is 0 Å². The van der Waals surface area contributed by atoms with Crippen molar-refractivity contribution in [2.24, 2.45) is 0 Å². The molecule has 0 fully saturated rings. The van der Waals surface area contributed by atoms with Crippen LogP contribution >= 0.6 is 27.5 Å². The minimum absolute atomic E-state index is 0.207. The second-order valence-corrected chi connectivity index (χ2v) is 5.82. The lowest BCUT2D eigenvalue weighted by Gasteiger charge is -2.14. The molecule has 0 bridgehead atoms. The van der Waals surface area contributed by atoms with E-state index in [9.17, 15) is 8.78 Å². The Bertz CT molecular complexity index is 626. The van der Waals surface area contributed by atoms with E-state index in [1.54, 1.807) is 0 Å². The average molecular weight is 346 g/mol. The average Bonchev–Trinajstić information content (AvgIpc) is 2.36. The second kappa shape index (κ2) is 5.59. The summed E-state index contributed by atoms with van der Waals surface area (Å²) in [5.41, 5.74) is 3.79. The van der Waals surface area contributed by atoms with Crippen LogP contribution in [0.15, 0.2) is 30.3 Å². The number of hydrogen-bond acceptors (Lipinski definition) is 0. The molecule has 2 rings (SSSR count). The van der Waals surface area contributed by atoms with Crippen molar-refractivity contribution in [3.05, 3.63) is 69.2 Å². The molecule has 0 N–H and O–H groups in total. The van der Waals surface area contributed by atoms with E-state index in [1.165, 1.54) is 5.56 Å². The zero-order valence-corrected chi connectivity index (χ0v) is 12.8. The fourth-order valence-electron chi connectivity index (χ4n) is 1.83. The Morgan fingerprint density at radius 1 is 1.00 bits per heavy atom. The Morgan fingerprint density at radius 3 is 2.26 bits per heavy atom. The molecule has 0 spiro atoms. The van der Waals surface area contributed by atoms with Crippen LogP contribution in [0.4, 0.5) is 8.78 Å². The number of benzene rings is 2. The summed E-state index contributed by atoms with van der Waals surface area (Å²) in [5, 5.41) is 0.207. The van der Waals surface area contributed by atoms with Crippen molar-refractivity contribution in [2.45, 2.75) is 18.7 Å². The molecule has 19 heavy (non-hydrogen) atoms. The van der Waals surface area contributed by atoms with Crippen molar-refractivity contribution < 1.29 is 8.78 Å². The van der Waals surface area contributed by atoms with Gasteiger partial charge in [-0.25, -0.2) is 8.78 Å². The van der Waals surface area contributed by atoms with E-state index in [4.69, 9.17) is 11.6 Å². The lowest BCUT2D eigenvalue weighted by atomic mass is 10.0. The molecule has 0 aliphatic heterocycles. The molecule has 1 atom stereocenters. The second-order valence-electron chi connectivity index (χ2n) is 4.49. The van der Waals surface area contributed by atoms with E-state index in [-0.39, 0.29) is 9.85 Å². The van der Waals surface area contributed by atoms with Crippen LogP contribution < -0.4 is 0 Å². The highest BCUT2D eigenvalue weighted by Crippen LogP contribution is 2.36. The number of halogens is 4. The Labute approximate surface area is 124 Å². The van der Waals surface area contributed by atoms with Gasteiger partial charge in [0.25, 0.3) is 0 Å². The van der Waals surface area contributed by atoms with Crippen LogP contribution in [-0.4, -0.2) is 0 Å². The molecule has 2 aromatic rings. The van der Waals surface area contributed by atoms with Crippen LogP contribution in [0.2, 0.25) is 5.02 Å². The highest BCUT2D eigenvalue weighted by Gasteiger charge is 2.17. The fourth-order valence-corrected chi connectivity index (χ4v) is 2.89. The predicted molar refractivity (Wildman–Crippen MR) is 78.1 cm³/mol. The van der Waals surface area contributed by atoms with Crippen LogP contribution in [-0.2, 0) is 0 Å². The van der Waals surface area contributed by atoms with Crippen molar-refractivity contribution in [2.75, 3.05) is 0 Å². The number of aryl methyl sites for hydroxylation is 2. The van der Waals surface area contributed by atoms with E-state index in [1.807, 2.05) is 32.0 Å². The molecule has 0 saturated heterocycles. The van der Waals surface area contributed by atoms with Crippen LogP contribution in [0.1, 0.15) is 27.1 Å². The molecular weight excluding hydrogens is 334 g/mol. The highest BCUT2D eigenvalue weighted by molar-refractivity contribution is 9.09. The molecule has 0 radical (unpaired) electrons. The van der Waals surface area contributed by atoms with Crippen LogP contribution in [0, 0.1) is 25.5 Å². The zero-order valence-electron chi connectivity index (χ0n) is 10.5. The quantitative estimate of drug-likeness (QED) is 0.482. The first kappa shape index (κ1) is 14.5. The zero-order chi connectivity index (χ0) is 14.2. The topological polar surface area (TPSA) is 0 Å². The minimum atomic E-state index is -0.937. The molecule has 0 aliphatic carbocycles. The third kappa shape index (κ3) is 2.98. The first-order valence-corrected chi connectivity index (χ1v) is 7.05. The smallest absolute Gasteiger partial charge is 0.160 e. The normalized spacial score (nSPS) is 12.5. The summed E-state index contributed by atoms with van der Waals surface area (Å²) in [5.74, 6) is -1.83. The summed E-state index contributed by atoms with van der Waals surface area (Å²) in [7, 11) is 0. The molecule has 1 unspecified atom stereocenters. The van der Waals surface area contributed by atoms with Gasteiger partial charge >= 0.3 is 0 Å². The van der Waals surface area contributed by atoms with Crippen molar-refractivity contribution >= 4 is 27.5 Å². The Kier molecular flexibility index (Phi) is 4.26. The summed E-state index contributed by atoms with van der Waals surface area (Å²) in [6, 6.07) is 8.08. The molecule has 0 saturated carbocycles. The van der Waals surface area contributed by atoms with Crippen LogP contribution in [0.5, 0.6) is 0 Å². The molecule has 100 valence electrons. The summed E-state index contributed by atoms with van der Waals surface area (Å²) in [6.45, 7) is 4.03. The van der Waals surface area contributed by atoms with Gasteiger partial charge in [-0.1, -0.05) is 45.7 Å². The summed E-state index contributed by atoms with van der Waals surface area (Å²) < 4.78 is 26.4. The van der Waals surface area contributed by atoms with Gasteiger partial charge < -0.3 is 0 Å². The largest absolute Gasteiger partial charge is 0.204 e. The van der Waals surface area contributed by atoms with Crippen LogP contribution in [0.3, 0.4) is 0 Å². The first-order valence-electron chi connectivity index (χ1n) is 5.76. The van der Waals surface area contributed by atoms with Gasteiger partial charge in [0.1, 0.15) is 0 Å². The number of alkyl halides is 1. The standard InChI is InChI=1S/C15H12BrClF2/c1-8-3-4-10(5-9(8)2)15(16)11-6-13(18)14(19)7-12(11)17/h3-7,15H,1-2H3. The monoisotopic (exact) mass is 344 g/mol. The Morgan fingerprint density at radius 2 is 1.63 bits per heavy atom. The van der Waals surface area contributed by atoms with Gasteiger partial charge in [-0.3, -0.25) is 0 Å². The SMILES string of the molecule is Cc1ccc(C(Br)c2cc(F)c(F)cc2Cl)cc1C. The molecule has 0 amide bonds. The fraction of sp³-hybridized carbons (Fsp3) is 0.200. The van der Waals surface area contributed by atoms with E-state index in [0.717, 1.165) is 23.3 Å². The number of hydrogen-bond donors (Lipinski definition) is 0.